The molecule has 3 nitrogen and oxygen atoms in total. The van der Waals surface area contributed by atoms with Crippen molar-refractivity contribution in [1.82, 2.24) is 9.78 Å². The van der Waals surface area contributed by atoms with Crippen LogP contribution in [-0.4, -0.2) is 16.8 Å². The summed E-state index contributed by atoms with van der Waals surface area (Å²) in [4.78, 5) is 0. The lowest BCUT2D eigenvalue weighted by molar-refractivity contribution is 0.470. The molecule has 2 rings (SSSR count). The van der Waals surface area contributed by atoms with Gasteiger partial charge in [-0.05, 0) is 19.8 Å². The lowest BCUT2D eigenvalue weighted by atomic mass is 10.2. The van der Waals surface area contributed by atoms with Crippen LogP contribution in [0.25, 0.3) is 0 Å². The van der Waals surface area contributed by atoms with Gasteiger partial charge < -0.3 is 5.32 Å². The highest BCUT2D eigenvalue weighted by Crippen LogP contribution is 2.35. The summed E-state index contributed by atoms with van der Waals surface area (Å²) in [7, 11) is 1.90. The summed E-state index contributed by atoms with van der Waals surface area (Å²) in [5, 5.41) is 8.38. The van der Waals surface area contributed by atoms with E-state index in [4.69, 9.17) is 11.6 Å². The minimum absolute atomic E-state index is 0.545. The van der Waals surface area contributed by atoms with Gasteiger partial charge in [0.05, 0.1) is 11.7 Å². The molecule has 1 aromatic rings. The predicted molar refractivity (Wildman–Crippen MR) is 59.0 cm³/mol. The fourth-order valence-corrected chi connectivity index (χ4v) is 2.38. The number of hydrogen-bond donors (Lipinski definition) is 1. The van der Waals surface area contributed by atoms with E-state index in [1.807, 2.05) is 14.0 Å². The van der Waals surface area contributed by atoms with Crippen LogP contribution in [0.2, 0.25) is 5.02 Å². The lowest BCUT2D eigenvalue weighted by Gasteiger charge is -2.13. The van der Waals surface area contributed by atoms with Crippen LogP contribution >= 0.6 is 11.6 Å². The number of aryl methyl sites for hydroxylation is 1. The maximum absolute atomic E-state index is 6.15. The van der Waals surface area contributed by atoms with Gasteiger partial charge >= 0.3 is 0 Å². The molecule has 0 unspecified atom stereocenters. The van der Waals surface area contributed by atoms with Gasteiger partial charge in [-0.1, -0.05) is 24.4 Å². The van der Waals surface area contributed by atoms with Gasteiger partial charge in [-0.3, -0.25) is 0 Å². The van der Waals surface area contributed by atoms with Crippen LogP contribution in [0.5, 0.6) is 0 Å². The van der Waals surface area contributed by atoms with Gasteiger partial charge in [0.2, 0.25) is 0 Å². The average Bonchev–Trinajstić information content (AvgIpc) is 2.76. The second-order valence-corrected chi connectivity index (χ2v) is 4.26. The third-order valence-corrected chi connectivity index (χ3v) is 3.37. The zero-order chi connectivity index (χ0) is 10.1. The molecular weight excluding hydrogens is 198 g/mol. The first-order valence-electron chi connectivity index (χ1n) is 5.16. The Kier molecular flexibility index (Phi) is 2.68. The molecule has 0 radical (unpaired) electrons. The van der Waals surface area contributed by atoms with Gasteiger partial charge in [-0.15, -0.1) is 0 Å². The van der Waals surface area contributed by atoms with E-state index in [-0.39, 0.29) is 0 Å². The fraction of sp³-hybridized carbons (Fsp3) is 0.700. The molecule has 1 saturated carbocycles. The lowest BCUT2D eigenvalue weighted by Crippen LogP contribution is -2.10. The standard InChI is InChI=1S/C10H16ClN3/c1-7-9(11)10(12-2)14(13-7)8-5-3-4-6-8/h8,12H,3-6H2,1-2H3. The predicted octanol–water partition coefficient (Wildman–Crippen LogP) is 3.00. The molecule has 0 amide bonds. The molecule has 1 aliphatic carbocycles. The second-order valence-electron chi connectivity index (χ2n) is 3.88. The second kappa shape index (κ2) is 3.81. The molecule has 4 heteroatoms. The van der Waals surface area contributed by atoms with Crippen LogP contribution in [0.15, 0.2) is 0 Å². The molecule has 0 aliphatic heterocycles. The number of nitrogens with one attached hydrogen (secondary N) is 1. The molecule has 0 atom stereocenters. The molecule has 78 valence electrons. The van der Waals surface area contributed by atoms with Crippen LogP contribution in [0.1, 0.15) is 37.4 Å². The molecule has 1 heterocycles. The van der Waals surface area contributed by atoms with Crippen molar-refractivity contribution in [2.24, 2.45) is 0 Å². The zero-order valence-corrected chi connectivity index (χ0v) is 9.43. The summed E-state index contributed by atoms with van der Waals surface area (Å²) in [5.41, 5.74) is 0.919. The first kappa shape index (κ1) is 9.84. The Morgan fingerprint density at radius 3 is 2.64 bits per heavy atom. The van der Waals surface area contributed by atoms with Crippen molar-refractivity contribution < 1.29 is 0 Å². The Morgan fingerprint density at radius 1 is 1.43 bits per heavy atom. The quantitative estimate of drug-likeness (QED) is 0.819. The third-order valence-electron chi connectivity index (χ3n) is 2.92. The number of hydrogen-bond acceptors (Lipinski definition) is 2. The Morgan fingerprint density at radius 2 is 2.07 bits per heavy atom. The van der Waals surface area contributed by atoms with Crippen molar-refractivity contribution in [3.8, 4) is 0 Å². The molecule has 14 heavy (non-hydrogen) atoms. The minimum atomic E-state index is 0.545. The van der Waals surface area contributed by atoms with Crippen LogP contribution in [0.4, 0.5) is 5.82 Å². The maximum atomic E-state index is 6.15. The van der Waals surface area contributed by atoms with Crippen molar-refractivity contribution in [3.63, 3.8) is 0 Å². The molecule has 0 aromatic carbocycles. The van der Waals surface area contributed by atoms with Crippen molar-refractivity contribution in [2.75, 3.05) is 12.4 Å². The van der Waals surface area contributed by atoms with Gasteiger partial charge in [0.1, 0.15) is 10.8 Å². The van der Waals surface area contributed by atoms with Crippen molar-refractivity contribution in [1.29, 1.82) is 0 Å². The van der Waals surface area contributed by atoms with E-state index >= 15 is 0 Å². The molecule has 0 saturated heterocycles. The average molecular weight is 214 g/mol. The minimum Gasteiger partial charge on any atom is -0.372 e. The van der Waals surface area contributed by atoms with Gasteiger partial charge in [0, 0.05) is 7.05 Å². The smallest absolute Gasteiger partial charge is 0.143 e. The van der Waals surface area contributed by atoms with Gasteiger partial charge in [-0.2, -0.15) is 5.10 Å². The van der Waals surface area contributed by atoms with Crippen LogP contribution in [0.3, 0.4) is 0 Å². The van der Waals surface area contributed by atoms with E-state index in [9.17, 15) is 0 Å². The van der Waals surface area contributed by atoms with E-state index < -0.39 is 0 Å². The Bertz CT molecular complexity index is 326. The topological polar surface area (TPSA) is 29.9 Å². The monoisotopic (exact) mass is 213 g/mol. The molecule has 1 fully saturated rings. The number of nitrogens with zero attached hydrogens (tertiary/aromatic N) is 2. The first-order chi connectivity index (χ1) is 6.74. The van der Waals surface area contributed by atoms with Crippen molar-refractivity contribution in [2.45, 2.75) is 38.6 Å². The molecule has 1 N–H and O–H groups in total. The van der Waals surface area contributed by atoms with Gasteiger partial charge in [-0.25, -0.2) is 4.68 Å². The van der Waals surface area contributed by atoms with Crippen LogP contribution in [-0.2, 0) is 0 Å². The molecule has 1 aliphatic rings. The maximum Gasteiger partial charge on any atom is 0.143 e. The van der Waals surface area contributed by atoms with Crippen molar-refractivity contribution >= 4 is 17.4 Å². The highest BCUT2D eigenvalue weighted by Gasteiger charge is 2.22. The molecule has 0 bridgehead atoms. The fourth-order valence-electron chi connectivity index (χ4n) is 2.16. The van der Waals surface area contributed by atoms with Crippen molar-refractivity contribution in [3.05, 3.63) is 10.7 Å². The number of anilines is 1. The third kappa shape index (κ3) is 1.50. The number of halogens is 1. The summed E-state index contributed by atoms with van der Waals surface area (Å²) in [6, 6.07) is 0.545. The SMILES string of the molecule is CNc1c(Cl)c(C)nn1C1CCCC1. The zero-order valence-electron chi connectivity index (χ0n) is 8.68. The number of rotatable bonds is 2. The molecule has 1 aromatic heterocycles. The summed E-state index contributed by atoms with van der Waals surface area (Å²) in [6.07, 6.45) is 5.08. The van der Waals surface area contributed by atoms with Gasteiger partial charge in [0.15, 0.2) is 0 Å². The highest BCUT2D eigenvalue weighted by molar-refractivity contribution is 6.33. The highest BCUT2D eigenvalue weighted by atomic mass is 35.5. The largest absolute Gasteiger partial charge is 0.372 e. The van der Waals surface area contributed by atoms with Crippen LogP contribution < -0.4 is 5.32 Å². The van der Waals surface area contributed by atoms with E-state index in [2.05, 4.69) is 15.1 Å². The Balaban J connectivity index is 2.36. The van der Waals surface area contributed by atoms with E-state index in [0.29, 0.717) is 6.04 Å². The Labute approximate surface area is 89.4 Å². The van der Waals surface area contributed by atoms with E-state index in [0.717, 1.165) is 16.5 Å². The number of aromatic nitrogens is 2. The molecular formula is C10H16ClN3. The summed E-state index contributed by atoms with van der Waals surface area (Å²) in [6.45, 7) is 1.95. The Hall–Kier alpha value is -0.700. The summed E-state index contributed by atoms with van der Waals surface area (Å²) < 4.78 is 2.06. The van der Waals surface area contributed by atoms with Crippen LogP contribution in [0, 0.1) is 6.92 Å². The van der Waals surface area contributed by atoms with E-state index in [1.165, 1.54) is 25.7 Å². The normalized spacial score (nSPS) is 17.6. The molecule has 0 spiro atoms. The summed E-state index contributed by atoms with van der Waals surface area (Å²) in [5.74, 6) is 0.969. The summed E-state index contributed by atoms with van der Waals surface area (Å²) >= 11 is 6.15. The first-order valence-corrected chi connectivity index (χ1v) is 5.54. The van der Waals surface area contributed by atoms with Gasteiger partial charge in [0.25, 0.3) is 0 Å². The van der Waals surface area contributed by atoms with E-state index in [1.54, 1.807) is 0 Å².